The molecule has 4 heteroatoms. The fourth-order valence-electron chi connectivity index (χ4n) is 3.54. The molecule has 2 heterocycles. The molecule has 0 saturated carbocycles. The molecule has 2 fully saturated rings. The molecule has 0 aliphatic carbocycles. The normalized spacial score (nSPS) is 25.3. The van der Waals surface area contributed by atoms with E-state index in [1.807, 2.05) is 25.1 Å². The highest BCUT2D eigenvalue weighted by Gasteiger charge is 2.32. The van der Waals surface area contributed by atoms with Crippen LogP contribution in [0.3, 0.4) is 0 Å². The molecular formula is C19H28N2O2. The maximum atomic E-state index is 12.8. The van der Waals surface area contributed by atoms with E-state index in [1.54, 1.807) is 0 Å². The number of amides is 1. The average molecular weight is 316 g/mol. The SMILES string of the molecule is CC1CCN(C(=O)C(C)N2CCOC(c3ccccc3)C2)CC1. The Kier molecular flexibility index (Phi) is 5.34. The van der Waals surface area contributed by atoms with Crippen molar-refractivity contribution in [2.24, 2.45) is 5.92 Å². The molecule has 2 atom stereocenters. The summed E-state index contributed by atoms with van der Waals surface area (Å²) in [7, 11) is 0. The van der Waals surface area contributed by atoms with Gasteiger partial charge in [-0.1, -0.05) is 37.3 Å². The lowest BCUT2D eigenvalue weighted by molar-refractivity contribution is -0.141. The quantitative estimate of drug-likeness (QED) is 0.859. The number of rotatable bonds is 3. The Hall–Kier alpha value is -1.39. The van der Waals surface area contributed by atoms with Crippen LogP contribution < -0.4 is 0 Å². The van der Waals surface area contributed by atoms with Crippen molar-refractivity contribution >= 4 is 5.91 Å². The fraction of sp³-hybridized carbons (Fsp3) is 0.632. The minimum absolute atomic E-state index is 0.0569. The molecule has 0 spiro atoms. The van der Waals surface area contributed by atoms with Crippen LogP contribution in [0, 0.1) is 5.92 Å². The van der Waals surface area contributed by atoms with E-state index in [1.165, 1.54) is 5.56 Å². The highest BCUT2D eigenvalue weighted by Crippen LogP contribution is 2.24. The first-order chi connectivity index (χ1) is 11.1. The number of nitrogens with zero attached hydrogens (tertiary/aromatic N) is 2. The molecule has 0 N–H and O–H groups in total. The summed E-state index contributed by atoms with van der Waals surface area (Å²) < 4.78 is 5.92. The van der Waals surface area contributed by atoms with E-state index in [2.05, 4.69) is 28.9 Å². The third-order valence-corrected chi connectivity index (χ3v) is 5.27. The largest absolute Gasteiger partial charge is 0.371 e. The average Bonchev–Trinajstić information content (AvgIpc) is 2.62. The molecule has 1 aromatic rings. The minimum atomic E-state index is -0.0569. The van der Waals surface area contributed by atoms with E-state index in [9.17, 15) is 4.79 Å². The summed E-state index contributed by atoms with van der Waals surface area (Å²) >= 11 is 0. The Labute approximate surface area is 139 Å². The number of likely N-dealkylation sites (tertiary alicyclic amines) is 1. The standard InChI is InChI=1S/C19H28N2O2/c1-15-8-10-20(11-9-15)19(22)16(2)21-12-13-23-18(14-21)17-6-4-3-5-7-17/h3-7,15-16,18H,8-14H2,1-2H3. The monoisotopic (exact) mass is 316 g/mol. The van der Waals surface area contributed by atoms with Crippen LogP contribution in [0.2, 0.25) is 0 Å². The summed E-state index contributed by atoms with van der Waals surface area (Å²) in [6.45, 7) is 8.47. The van der Waals surface area contributed by atoms with Crippen molar-refractivity contribution in [1.29, 1.82) is 0 Å². The van der Waals surface area contributed by atoms with Crippen molar-refractivity contribution in [1.82, 2.24) is 9.80 Å². The molecule has 3 rings (SSSR count). The van der Waals surface area contributed by atoms with E-state index in [0.717, 1.165) is 44.9 Å². The zero-order chi connectivity index (χ0) is 16.2. The summed E-state index contributed by atoms with van der Waals surface area (Å²) in [5.41, 5.74) is 1.20. The van der Waals surface area contributed by atoms with Crippen LogP contribution in [0.1, 0.15) is 38.4 Å². The van der Waals surface area contributed by atoms with Crippen LogP contribution in [-0.4, -0.2) is 54.5 Å². The first-order valence-electron chi connectivity index (χ1n) is 8.84. The molecule has 126 valence electrons. The van der Waals surface area contributed by atoms with Crippen LogP contribution in [0.5, 0.6) is 0 Å². The van der Waals surface area contributed by atoms with Gasteiger partial charge in [0.2, 0.25) is 5.91 Å². The molecule has 2 aliphatic rings. The second-order valence-corrected chi connectivity index (χ2v) is 6.95. The number of ether oxygens (including phenoxy) is 1. The molecule has 2 unspecified atom stereocenters. The fourth-order valence-corrected chi connectivity index (χ4v) is 3.54. The van der Waals surface area contributed by atoms with Gasteiger partial charge in [0, 0.05) is 26.2 Å². The molecular weight excluding hydrogens is 288 g/mol. The molecule has 2 saturated heterocycles. The summed E-state index contributed by atoms with van der Waals surface area (Å²) in [5.74, 6) is 1.03. The Balaban J connectivity index is 1.60. The summed E-state index contributed by atoms with van der Waals surface area (Å²) in [4.78, 5) is 17.1. The van der Waals surface area contributed by atoms with Crippen molar-refractivity contribution < 1.29 is 9.53 Å². The maximum Gasteiger partial charge on any atom is 0.239 e. The van der Waals surface area contributed by atoms with E-state index >= 15 is 0 Å². The third-order valence-electron chi connectivity index (χ3n) is 5.27. The maximum absolute atomic E-state index is 12.8. The van der Waals surface area contributed by atoms with Gasteiger partial charge in [-0.15, -0.1) is 0 Å². The zero-order valence-corrected chi connectivity index (χ0v) is 14.3. The van der Waals surface area contributed by atoms with Gasteiger partial charge in [0.1, 0.15) is 0 Å². The van der Waals surface area contributed by atoms with Crippen LogP contribution in [0.4, 0.5) is 0 Å². The van der Waals surface area contributed by atoms with Crippen molar-refractivity contribution in [2.45, 2.75) is 38.8 Å². The van der Waals surface area contributed by atoms with Crippen LogP contribution in [-0.2, 0) is 9.53 Å². The second kappa shape index (κ2) is 7.45. The predicted octanol–water partition coefficient (Wildman–Crippen LogP) is 2.71. The van der Waals surface area contributed by atoms with Crippen molar-refractivity contribution in [3.8, 4) is 0 Å². The molecule has 4 nitrogen and oxygen atoms in total. The number of morpholine rings is 1. The predicted molar refractivity (Wildman–Crippen MR) is 91.1 cm³/mol. The lowest BCUT2D eigenvalue weighted by Gasteiger charge is -2.39. The van der Waals surface area contributed by atoms with E-state index in [4.69, 9.17) is 4.74 Å². The van der Waals surface area contributed by atoms with Gasteiger partial charge < -0.3 is 9.64 Å². The van der Waals surface area contributed by atoms with Gasteiger partial charge in [0.05, 0.1) is 18.8 Å². The van der Waals surface area contributed by atoms with Crippen molar-refractivity contribution in [3.63, 3.8) is 0 Å². The molecule has 0 bridgehead atoms. The summed E-state index contributed by atoms with van der Waals surface area (Å²) in [6, 6.07) is 10.3. The highest BCUT2D eigenvalue weighted by molar-refractivity contribution is 5.81. The number of carbonyl (C=O) groups is 1. The number of hydrogen-bond donors (Lipinski definition) is 0. The lowest BCUT2D eigenvalue weighted by atomic mass is 9.98. The number of piperidine rings is 1. The Bertz CT molecular complexity index is 511. The van der Waals surface area contributed by atoms with Crippen molar-refractivity contribution in [2.75, 3.05) is 32.8 Å². The van der Waals surface area contributed by atoms with Gasteiger partial charge >= 0.3 is 0 Å². The van der Waals surface area contributed by atoms with Gasteiger partial charge in [-0.25, -0.2) is 0 Å². The summed E-state index contributed by atoms with van der Waals surface area (Å²) in [6.07, 6.45) is 2.34. The second-order valence-electron chi connectivity index (χ2n) is 6.95. The van der Waals surface area contributed by atoms with Gasteiger partial charge in [0.25, 0.3) is 0 Å². The van der Waals surface area contributed by atoms with Gasteiger partial charge in [-0.05, 0) is 31.2 Å². The molecule has 0 radical (unpaired) electrons. The first-order valence-corrected chi connectivity index (χ1v) is 8.84. The summed E-state index contributed by atoms with van der Waals surface area (Å²) in [5, 5.41) is 0. The topological polar surface area (TPSA) is 32.8 Å². The van der Waals surface area contributed by atoms with Gasteiger partial charge in [0.15, 0.2) is 0 Å². The van der Waals surface area contributed by atoms with E-state index in [-0.39, 0.29) is 18.1 Å². The van der Waals surface area contributed by atoms with E-state index in [0.29, 0.717) is 6.61 Å². The Morgan fingerprint density at radius 2 is 1.87 bits per heavy atom. The molecule has 2 aliphatic heterocycles. The third kappa shape index (κ3) is 3.93. The molecule has 1 aromatic carbocycles. The lowest BCUT2D eigenvalue weighted by Crippen LogP contribution is -2.52. The number of hydrogen-bond acceptors (Lipinski definition) is 3. The first kappa shape index (κ1) is 16.5. The number of benzene rings is 1. The molecule has 0 aromatic heterocycles. The highest BCUT2D eigenvalue weighted by atomic mass is 16.5. The Morgan fingerprint density at radius 3 is 2.57 bits per heavy atom. The van der Waals surface area contributed by atoms with Crippen molar-refractivity contribution in [3.05, 3.63) is 35.9 Å². The number of carbonyl (C=O) groups excluding carboxylic acids is 1. The molecule has 1 amide bonds. The van der Waals surface area contributed by atoms with Crippen LogP contribution >= 0.6 is 0 Å². The van der Waals surface area contributed by atoms with E-state index < -0.39 is 0 Å². The smallest absolute Gasteiger partial charge is 0.239 e. The minimum Gasteiger partial charge on any atom is -0.371 e. The van der Waals surface area contributed by atoms with Crippen LogP contribution in [0.25, 0.3) is 0 Å². The van der Waals surface area contributed by atoms with Crippen LogP contribution in [0.15, 0.2) is 30.3 Å². The molecule has 23 heavy (non-hydrogen) atoms. The Morgan fingerprint density at radius 1 is 1.17 bits per heavy atom. The van der Waals surface area contributed by atoms with Gasteiger partial charge in [-0.2, -0.15) is 0 Å². The zero-order valence-electron chi connectivity index (χ0n) is 14.3. The van der Waals surface area contributed by atoms with Gasteiger partial charge in [-0.3, -0.25) is 9.69 Å².